The van der Waals surface area contributed by atoms with Gasteiger partial charge < -0.3 is 19.8 Å². The van der Waals surface area contributed by atoms with E-state index in [2.05, 4.69) is 11.7 Å². The fraction of sp³-hybridized carbons (Fsp3) is 0.344. The monoisotopic (exact) mass is 633 g/mol. The van der Waals surface area contributed by atoms with Gasteiger partial charge in [0.1, 0.15) is 29.1 Å². The second-order valence-electron chi connectivity index (χ2n) is 12.5. The van der Waals surface area contributed by atoms with Crippen LogP contribution in [0.1, 0.15) is 33.3 Å². The molecule has 3 aromatic heterocycles. The van der Waals surface area contributed by atoms with Crippen LogP contribution in [0.4, 0.5) is 15.8 Å². The Morgan fingerprint density at radius 3 is 2.56 bits per heavy atom. The number of piperazine rings is 1. The third-order valence-corrected chi connectivity index (χ3v) is 8.72. The van der Waals surface area contributed by atoms with Crippen molar-refractivity contribution in [3.8, 4) is 22.8 Å². The van der Waals surface area contributed by atoms with Gasteiger partial charge in [0.2, 0.25) is 5.91 Å². The molecule has 5 heterocycles. The summed E-state index contributed by atoms with van der Waals surface area (Å²) >= 11 is 6.83. The van der Waals surface area contributed by atoms with Crippen molar-refractivity contribution < 1.29 is 19.1 Å². The number of aromatic hydroxyl groups is 1. The lowest BCUT2D eigenvalue weighted by Crippen LogP contribution is -2.66. The molecule has 11 nitrogen and oxygen atoms in total. The molecule has 2 aliphatic rings. The van der Waals surface area contributed by atoms with Crippen LogP contribution in [0.15, 0.2) is 47.9 Å². The van der Waals surface area contributed by atoms with Crippen LogP contribution in [0.5, 0.6) is 5.75 Å². The number of amides is 2. The molecule has 13 heteroatoms. The molecule has 0 spiro atoms. The van der Waals surface area contributed by atoms with Crippen LogP contribution in [0.25, 0.3) is 28.1 Å². The first kappa shape index (κ1) is 30.3. The summed E-state index contributed by atoms with van der Waals surface area (Å²) in [4.78, 5) is 50.9. The highest BCUT2D eigenvalue weighted by Gasteiger charge is 2.47. The number of rotatable bonds is 3. The van der Waals surface area contributed by atoms with E-state index in [0.29, 0.717) is 22.5 Å². The fourth-order valence-corrected chi connectivity index (χ4v) is 6.67. The molecule has 45 heavy (non-hydrogen) atoms. The molecule has 4 aromatic rings. The second kappa shape index (κ2) is 10.4. The van der Waals surface area contributed by atoms with Gasteiger partial charge in [-0.25, -0.2) is 18.6 Å². The Hall–Kier alpha value is -4.71. The van der Waals surface area contributed by atoms with E-state index in [0.717, 1.165) is 0 Å². The number of hydrogen-bond acceptors (Lipinski definition) is 7. The van der Waals surface area contributed by atoms with E-state index < -0.39 is 29.0 Å². The number of carbonyl (C=O) groups is 2. The van der Waals surface area contributed by atoms with Crippen LogP contribution < -0.4 is 15.4 Å². The van der Waals surface area contributed by atoms with Gasteiger partial charge in [0.05, 0.1) is 40.2 Å². The molecular weight excluding hydrogens is 601 g/mol. The summed E-state index contributed by atoms with van der Waals surface area (Å²) in [7, 11) is 1.53. The quantitative estimate of drug-likeness (QED) is 0.333. The Morgan fingerprint density at radius 2 is 1.91 bits per heavy atom. The summed E-state index contributed by atoms with van der Waals surface area (Å²) in [5.41, 5.74) is -0.0536. The molecule has 1 aromatic carbocycles. The SMILES string of the molecule is C=CC(=O)N1C[C@@H](C)N2c3c(c(=O)n(-c4c(C)cnn4C(C)(C)C)c4nc(-c5c(O)cccc5F)c(Cl)cc34)N(C)C(=O)[C@H]2C1. The average Bonchev–Trinajstić information content (AvgIpc) is 3.36. The van der Waals surface area contributed by atoms with Crippen molar-refractivity contribution in [1.82, 2.24) is 24.2 Å². The minimum atomic E-state index is -0.801. The Kier molecular flexibility index (Phi) is 7.03. The van der Waals surface area contributed by atoms with Gasteiger partial charge in [-0.1, -0.05) is 24.2 Å². The number of halogens is 2. The van der Waals surface area contributed by atoms with E-state index >= 15 is 4.39 Å². The number of anilines is 2. The van der Waals surface area contributed by atoms with Crippen LogP contribution in [0, 0.1) is 12.7 Å². The number of fused-ring (bicyclic) bond motifs is 5. The van der Waals surface area contributed by atoms with Crippen molar-refractivity contribution in [3.05, 3.63) is 69.9 Å². The first-order chi connectivity index (χ1) is 21.2. The Morgan fingerprint density at radius 1 is 1.20 bits per heavy atom. The minimum absolute atomic E-state index is 0.0283. The number of phenolic OH excluding ortho intramolecular Hbond substituents is 1. The number of hydrogen-bond donors (Lipinski definition) is 1. The van der Waals surface area contributed by atoms with Crippen molar-refractivity contribution in [2.24, 2.45) is 0 Å². The molecule has 0 radical (unpaired) electrons. The topological polar surface area (TPSA) is 117 Å². The molecule has 1 saturated heterocycles. The number of benzene rings is 1. The van der Waals surface area contributed by atoms with Crippen molar-refractivity contribution in [2.45, 2.75) is 52.2 Å². The highest BCUT2D eigenvalue weighted by atomic mass is 35.5. The fourth-order valence-electron chi connectivity index (χ4n) is 6.42. The van der Waals surface area contributed by atoms with Gasteiger partial charge in [-0.3, -0.25) is 14.4 Å². The highest BCUT2D eigenvalue weighted by molar-refractivity contribution is 6.34. The third-order valence-electron chi connectivity index (χ3n) is 8.43. The van der Waals surface area contributed by atoms with Gasteiger partial charge in [-0.2, -0.15) is 5.10 Å². The van der Waals surface area contributed by atoms with E-state index in [4.69, 9.17) is 16.6 Å². The van der Waals surface area contributed by atoms with E-state index in [1.165, 1.54) is 40.8 Å². The normalized spacial score (nSPS) is 18.3. The zero-order valence-electron chi connectivity index (χ0n) is 25.8. The van der Waals surface area contributed by atoms with Crippen molar-refractivity contribution in [2.75, 3.05) is 29.9 Å². The molecule has 2 aliphatic heterocycles. The summed E-state index contributed by atoms with van der Waals surface area (Å²) in [5, 5.41) is 15.7. The molecule has 2 amide bonds. The molecule has 0 unspecified atom stereocenters. The first-order valence-electron chi connectivity index (χ1n) is 14.5. The van der Waals surface area contributed by atoms with Crippen LogP contribution in [-0.4, -0.2) is 73.4 Å². The zero-order chi connectivity index (χ0) is 32.7. The molecule has 6 rings (SSSR count). The van der Waals surface area contributed by atoms with Crippen LogP contribution in [0.3, 0.4) is 0 Å². The number of pyridine rings is 2. The number of carbonyl (C=O) groups excluding carboxylic acids is 2. The average molecular weight is 634 g/mol. The molecule has 2 atom stereocenters. The lowest BCUT2D eigenvalue weighted by atomic mass is 9.97. The van der Waals surface area contributed by atoms with Crippen molar-refractivity contribution in [3.63, 3.8) is 0 Å². The van der Waals surface area contributed by atoms with Crippen LogP contribution >= 0.6 is 11.6 Å². The predicted molar refractivity (Wildman–Crippen MR) is 171 cm³/mol. The standard InChI is InChI=1S/C32H33ClFN7O4/c1-8-23(43)38-14-17(3)39-21(15-38)30(44)37(7)27-26(39)18-12-19(33)25(24-20(34)10-9-11-22(24)42)36-28(18)40(31(27)45)29-16(2)13-35-41(29)32(4,5)6/h8-13,17,21,42H,1,14-15H2,2-7H3/t17-,21-/m1/s1. The summed E-state index contributed by atoms with van der Waals surface area (Å²) in [6, 6.07) is 4.28. The molecule has 0 bridgehead atoms. The largest absolute Gasteiger partial charge is 0.507 e. The summed E-state index contributed by atoms with van der Waals surface area (Å²) in [6.07, 6.45) is 2.85. The molecule has 0 aliphatic carbocycles. The predicted octanol–water partition coefficient (Wildman–Crippen LogP) is 4.38. The van der Waals surface area contributed by atoms with Gasteiger partial charge in [0, 0.05) is 30.6 Å². The summed E-state index contributed by atoms with van der Waals surface area (Å²) < 4.78 is 18.3. The number of aryl methyl sites for hydroxylation is 1. The van der Waals surface area contributed by atoms with Gasteiger partial charge in [0.25, 0.3) is 11.5 Å². The lowest BCUT2D eigenvalue weighted by molar-refractivity contribution is -0.129. The van der Waals surface area contributed by atoms with Crippen molar-refractivity contribution in [1.29, 1.82) is 0 Å². The van der Waals surface area contributed by atoms with Crippen molar-refractivity contribution >= 4 is 45.8 Å². The van der Waals surface area contributed by atoms with Crippen LogP contribution in [0.2, 0.25) is 5.02 Å². The Balaban J connectivity index is 1.76. The second-order valence-corrected chi connectivity index (χ2v) is 12.9. The number of likely N-dealkylation sites (N-methyl/N-ethyl adjacent to an activating group) is 1. The highest BCUT2D eigenvalue weighted by Crippen LogP contribution is 2.45. The van der Waals surface area contributed by atoms with E-state index in [1.807, 2.05) is 39.5 Å². The van der Waals surface area contributed by atoms with Crippen LogP contribution in [-0.2, 0) is 15.1 Å². The molecule has 234 valence electrons. The zero-order valence-corrected chi connectivity index (χ0v) is 26.6. The summed E-state index contributed by atoms with van der Waals surface area (Å²) in [6.45, 7) is 13.4. The molecule has 0 saturated carbocycles. The van der Waals surface area contributed by atoms with E-state index in [1.54, 1.807) is 21.8 Å². The summed E-state index contributed by atoms with van der Waals surface area (Å²) in [5.74, 6) is -1.35. The molecule has 1 N–H and O–H groups in total. The first-order valence-corrected chi connectivity index (χ1v) is 14.8. The maximum Gasteiger partial charge on any atom is 0.284 e. The number of nitrogens with zero attached hydrogens (tertiary/aromatic N) is 7. The smallest absolute Gasteiger partial charge is 0.284 e. The lowest BCUT2D eigenvalue weighted by Gasteiger charge is -2.50. The van der Waals surface area contributed by atoms with Gasteiger partial charge in [0.15, 0.2) is 5.65 Å². The van der Waals surface area contributed by atoms with Gasteiger partial charge >= 0.3 is 0 Å². The van der Waals surface area contributed by atoms with Gasteiger partial charge in [-0.15, -0.1) is 0 Å². The Bertz CT molecular complexity index is 1980. The maximum atomic E-state index is 15.2. The molecular formula is C32H33ClFN7O4. The Labute approximate surface area is 263 Å². The third kappa shape index (κ3) is 4.49. The maximum absolute atomic E-state index is 15.2. The van der Waals surface area contributed by atoms with Gasteiger partial charge in [-0.05, 0) is 58.9 Å². The van der Waals surface area contributed by atoms with E-state index in [-0.39, 0.29) is 58.3 Å². The minimum Gasteiger partial charge on any atom is -0.507 e. The number of phenols is 1. The number of aromatic nitrogens is 4. The van der Waals surface area contributed by atoms with E-state index in [9.17, 15) is 19.5 Å². The molecule has 1 fully saturated rings.